The van der Waals surface area contributed by atoms with Gasteiger partial charge in [0.05, 0.1) is 11.0 Å². The number of sulfone groups is 1. The maximum Gasteiger partial charge on any atom is 0.241 e. The van der Waals surface area contributed by atoms with E-state index in [1.807, 2.05) is 13.8 Å². The molecule has 1 aliphatic carbocycles. The molecule has 1 aliphatic heterocycles. The van der Waals surface area contributed by atoms with Crippen LogP contribution in [-0.2, 0) is 25.9 Å². The molecule has 3 N–H and O–H groups in total. The average Bonchev–Trinajstić information content (AvgIpc) is 2.58. The molecule has 0 spiro atoms. The Labute approximate surface area is 149 Å². The molecule has 1 heterocycles. The van der Waals surface area contributed by atoms with Crippen molar-refractivity contribution in [1.29, 1.82) is 0 Å². The smallest absolute Gasteiger partial charge is 0.241 e. The van der Waals surface area contributed by atoms with E-state index in [1.165, 1.54) is 6.26 Å². The van der Waals surface area contributed by atoms with E-state index in [-0.39, 0.29) is 22.8 Å². The third kappa shape index (κ3) is 2.88. The number of hydrogen-bond acceptors (Lipinski definition) is 5. The molecule has 6 nitrogen and oxygen atoms in total. The Balaban J connectivity index is 1.68. The number of carbonyl (C=O) groups excluding carboxylic acids is 1. The topological polar surface area (TPSA) is 98.5 Å². The molecule has 1 amide bonds. The molecule has 3 atom stereocenters. The van der Waals surface area contributed by atoms with Crippen molar-refractivity contribution in [3.8, 4) is 0 Å². The number of amides is 1. The largest absolute Gasteiger partial charge is 0.377 e. The fraction of sp³-hybridized carbons (Fsp3) is 0.611. The Morgan fingerprint density at radius 2 is 1.96 bits per heavy atom. The second-order valence-electron chi connectivity index (χ2n) is 7.73. The number of carbonyl (C=O) groups is 1. The van der Waals surface area contributed by atoms with Crippen LogP contribution >= 0.6 is 0 Å². The summed E-state index contributed by atoms with van der Waals surface area (Å²) in [6, 6.07) is 6.51. The van der Waals surface area contributed by atoms with E-state index >= 15 is 0 Å². The molecule has 0 bridgehead atoms. The van der Waals surface area contributed by atoms with Crippen molar-refractivity contribution in [2.75, 3.05) is 12.9 Å². The monoisotopic (exact) mass is 366 g/mol. The minimum atomic E-state index is -3.22. The summed E-state index contributed by atoms with van der Waals surface area (Å²) in [7, 11) is -3.22. The van der Waals surface area contributed by atoms with Crippen LogP contribution in [0.3, 0.4) is 0 Å². The average molecular weight is 366 g/mol. The van der Waals surface area contributed by atoms with Gasteiger partial charge in [0.2, 0.25) is 5.91 Å². The Morgan fingerprint density at radius 1 is 1.32 bits per heavy atom. The van der Waals surface area contributed by atoms with Crippen LogP contribution < -0.4 is 11.1 Å². The summed E-state index contributed by atoms with van der Waals surface area (Å²) in [5.74, 6) is -0.125. The lowest BCUT2D eigenvalue weighted by Gasteiger charge is -2.65. The molecule has 3 rings (SSSR count). The molecule has 25 heavy (non-hydrogen) atoms. The van der Waals surface area contributed by atoms with Gasteiger partial charge in [-0.15, -0.1) is 0 Å². The maximum atomic E-state index is 12.8. The minimum absolute atomic E-state index is 0.0334. The summed E-state index contributed by atoms with van der Waals surface area (Å²) in [4.78, 5) is 13.1. The lowest BCUT2D eigenvalue weighted by Crippen LogP contribution is -2.82. The molecule has 3 unspecified atom stereocenters. The Bertz CT molecular complexity index is 773. The molecule has 1 saturated carbocycles. The van der Waals surface area contributed by atoms with Gasteiger partial charge in [-0.3, -0.25) is 4.79 Å². The highest BCUT2D eigenvalue weighted by Gasteiger charge is 2.70. The first-order chi connectivity index (χ1) is 11.6. The lowest BCUT2D eigenvalue weighted by molar-refractivity contribution is -0.225. The normalized spacial score (nSPS) is 30.9. The number of nitrogens with two attached hydrogens (primary N) is 1. The molecule has 138 valence electrons. The SMILES string of the molecule is CC1(C)C2OCCCC2C1(N)C(=O)NCc1ccc(S(C)(=O)=O)cc1. The Morgan fingerprint density at radius 3 is 2.56 bits per heavy atom. The minimum Gasteiger partial charge on any atom is -0.377 e. The molecular weight excluding hydrogens is 340 g/mol. The third-order valence-electron chi connectivity index (χ3n) is 5.86. The number of ether oxygens (including phenoxy) is 1. The summed E-state index contributed by atoms with van der Waals surface area (Å²) in [5.41, 5.74) is 6.03. The van der Waals surface area contributed by atoms with Crippen LogP contribution in [0.1, 0.15) is 32.3 Å². The van der Waals surface area contributed by atoms with E-state index in [2.05, 4.69) is 5.32 Å². The highest BCUT2D eigenvalue weighted by atomic mass is 32.2. The summed E-state index contributed by atoms with van der Waals surface area (Å²) in [5, 5.41) is 2.92. The van der Waals surface area contributed by atoms with Gasteiger partial charge >= 0.3 is 0 Å². The zero-order valence-corrected chi connectivity index (χ0v) is 15.7. The van der Waals surface area contributed by atoms with Crippen LogP contribution in [0.4, 0.5) is 0 Å². The van der Waals surface area contributed by atoms with E-state index < -0.39 is 20.8 Å². The van der Waals surface area contributed by atoms with Crippen molar-refractivity contribution in [1.82, 2.24) is 5.32 Å². The first kappa shape index (κ1) is 18.4. The zero-order valence-electron chi connectivity index (χ0n) is 14.9. The quantitative estimate of drug-likeness (QED) is 0.835. The summed E-state index contributed by atoms with van der Waals surface area (Å²) in [6.07, 6.45) is 3.03. The number of nitrogens with one attached hydrogen (secondary N) is 1. The van der Waals surface area contributed by atoms with Gasteiger partial charge in [-0.05, 0) is 30.5 Å². The van der Waals surface area contributed by atoms with Crippen molar-refractivity contribution in [3.63, 3.8) is 0 Å². The highest BCUT2D eigenvalue weighted by molar-refractivity contribution is 7.90. The van der Waals surface area contributed by atoms with Crippen molar-refractivity contribution in [3.05, 3.63) is 29.8 Å². The van der Waals surface area contributed by atoms with Crippen molar-refractivity contribution < 1.29 is 17.9 Å². The standard InChI is InChI=1S/C18H26N2O4S/c1-17(2)15-14(5-4-10-24-15)18(17,19)16(21)20-11-12-6-8-13(9-7-12)25(3,22)23/h6-9,14-15H,4-5,10-11,19H2,1-3H3,(H,20,21). The molecule has 0 aromatic heterocycles. The van der Waals surface area contributed by atoms with Gasteiger partial charge in [0.1, 0.15) is 5.54 Å². The van der Waals surface area contributed by atoms with Gasteiger partial charge in [0.15, 0.2) is 9.84 Å². The molecule has 0 radical (unpaired) electrons. The molecule has 7 heteroatoms. The molecule has 1 aromatic carbocycles. The van der Waals surface area contributed by atoms with Crippen LogP contribution in [0.2, 0.25) is 0 Å². The molecule has 2 fully saturated rings. The summed E-state index contributed by atoms with van der Waals surface area (Å²) < 4.78 is 28.8. The van der Waals surface area contributed by atoms with E-state index in [0.29, 0.717) is 6.54 Å². The van der Waals surface area contributed by atoms with Gasteiger partial charge in [-0.1, -0.05) is 26.0 Å². The zero-order chi connectivity index (χ0) is 18.5. The fourth-order valence-corrected chi connectivity index (χ4v) is 4.85. The van der Waals surface area contributed by atoms with Crippen molar-refractivity contribution >= 4 is 15.7 Å². The van der Waals surface area contributed by atoms with Gasteiger partial charge in [-0.2, -0.15) is 0 Å². The second-order valence-corrected chi connectivity index (χ2v) is 9.75. The Hall–Kier alpha value is -1.44. The molecule has 2 aliphatic rings. The first-order valence-electron chi connectivity index (χ1n) is 8.56. The maximum absolute atomic E-state index is 12.8. The first-order valence-corrected chi connectivity index (χ1v) is 10.5. The molecular formula is C18H26N2O4S. The van der Waals surface area contributed by atoms with Crippen molar-refractivity contribution in [2.24, 2.45) is 17.1 Å². The lowest BCUT2D eigenvalue weighted by atomic mass is 9.46. The second kappa shape index (κ2) is 6.07. The molecule has 1 aromatic rings. The fourth-order valence-electron chi connectivity index (χ4n) is 4.22. The molecule has 1 saturated heterocycles. The van der Waals surface area contributed by atoms with Gasteiger partial charge in [0, 0.05) is 30.7 Å². The van der Waals surface area contributed by atoms with Gasteiger partial charge < -0.3 is 15.8 Å². The van der Waals surface area contributed by atoms with Gasteiger partial charge in [-0.25, -0.2) is 8.42 Å². The van der Waals surface area contributed by atoms with E-state index in [1.54, 1.807) is 24.3 Å². The highest BCUT2D eigenvalue weighted by Crippen LogP contribution is 2.57. The van der Waals surface area contributed by atoms with E-state index in [4.69, 9.17) is 10.5 Å². The Kier molecular flexibility index (Phi) is 4.46. The van der Waals surface area contributed by atoms with E-state index in [9.17, 15) is 13.2 Å². The van der Waals surface area contributed by atoms with Crippen LogP contribution in [0.25, 0.3) is 0 Å². The van der Waals surface area contributed by atoms with Crippen LogP contribution in [0.5, 0.6) is 0 Å². The van der Waals surface area contributed by atoms with Crippen LogP contribution in [-0.4, -0.2) is 38.8 Å². The number of fused-ring (bicyclic) bond motifs is 1. The third-order valence-corrected chi connectivity index (χ3v) is 6.99. The van der Waals surface area contributed by atoms with Gasteiger partial charge in [0.25, 0.3) is 0 Å². The number of benzene rings is 1. The summed E-state index contributed by atoms with van der Waals surface area (Å²) in [6.45, 7) is 5.02. The van der Waals surface area contributed by atoms with Crippen LogP contribution in [0.15, 0.2) is 29.2 Å². The predicted molar refractivity (Wildman–Crippen MR) is 94.6 cm³/mol. The number of rotatable bonds is 4. The van der Waals surface area contributed by atoms with E-state index in [0.717, 1.165) is 25.0 Å². The number of hydrogen-bond donors (Lipinski definition) is 2. The summed E-state index contributed by atoms with van der Waals surface area (Å²) >= 11 is 0. The predicted octanol–water partition coefficient (Wildman–Crippen LogP) is 1.24. The van der Waals surface area contributed by atoms with Crippen molar-refractivity contribution in [2.45, 2.75) is 49.8 Å². The van der Waals surface area contributed by atoms with Crippen LogP contribution in [0, 0.1) is 11.3 Å².